The topological polar surface area (TPSA) is 0 Å². The summed E-state index contributed by atoms with van der Waals surface area (Å²) in [6.45, 7) is 4.13. The summed E-state index contributed by atoms with van der Waals surface area (Å²) in [6, 6.07) is 12.9. The molecule has 2 rings (SSSR count). The predicted molar refractivity (Wildman–Crippen MR) is 74.6 cm³/mol. The highest BCUT2D eigenvalue weighted by atomic mass is 35.5. The van der Waals surface area contributed by atoms with Crippen molar-refractivity contribution in [3.05, 3.63) is 70.5 Å². The highest BCUT2D eigenvalue weighted by molar-refractivity contribution is 6.20. The smallest absolute Gasteiger partial charge is 0.126 e. The molecule has 0 spiro atoms. The quantitative estimate of drug-likeness (QED) is 0.686. The minimum absolute atomic E-state index is 0.188. The SMILES string of the molecule is Cc1ccc(C(Cl)Cc2ccccc2F)cc1C. The summed E-state index contributed by atoms with van der Waals surface area (Å²) >= 11 is 6.37. The molecular weight excluding hydrogens is 247 g/mol. The third-order valence-corrected chi connectivity index (χ3v) is 3.66. The van der Waals surface area contributed by atoms with Crippen LogP contribution in [0.15, 0.2) is 42.5 Å². The van der Waals surface area contributed by atoms with Crippen LogP contribution in [0.1, 0.15) is 27.6 Å². The maximum absolute atomic E-state index is 13.6. The molecule has 0 aliphatic heterocycles. The highest BCUT2D eigenvalue weighted by Gasteiger charge is 2.12. The van der Waals surface area contributed by atoms with E-state index in [1.807, 2.05) is 12.1 Å². The standard InChI is InChI=1S/C16H16ClF/c1-11-7-8-13(9-12(11)2)15(17)10-14-5-3-4-6-16(14)18/h3-9,15H,10H2,1-2H3. The summed E-state index contributed by atoms with van der Waals surface area (Å²) in [5, 5.41) is -0.193. The Bertz CT molecular complexity index is 549. The van der Waals surface area contributed by atoms with Crippen molar-refractivity contribution in [2.45, 2.75) is 25.6 Å². The molecule has 0 aromatic heterocycles. The second-order valence-corrected chi connectivity index (χ2v) is 5.13. The van der Waals surface area contributed by atoms with Gasteiger partial charge in [-0.25, -0.2) is 4.39 Å². The van der Waals surface area contributed by atoms with Crippen LogP contribution in [0.2, 0.25) is 0 Å². The average Bonchev–Trinajstić information content (AvgIpc) is 2.35. The van der Waals surface area contributed by atoms with Crippen LogP contribution in [0.25, 0.3) is 0 Å². The van der Waals surface area contributed by atoms with E-state index in [2.05, 4.69) is 26.0 Å². The van der Waals surface area contributed by atoms with Crippen molar-refractivity contribution in [3.63, 3.8) is 0 Å². The maximum Gasteiger partial charge on any atom is 0.126 e. The van der Waals surface area contributed by atoms with Gasteiger partial charge in [-0.15, -0.1) is 11.6 Å². The summed E-state index contributed by atoms with van der Waals surface area (Å²) in [5.74, 6) is -0.188. The van der Waals surface area contributed by atoms with Gasteiger partial charge in [0.05, 0.1) is 5.38 Å². The van der Waals surface area contributed by atoms with Gasteiger partial charge in [0.25, 0.3) is 0 Å². The van der Waals surface area contributed by atoms with E-state index in [-0.39, 0.29) is 11.2 Å². The second kappa shape index (κ2) is 5.53. The largest absolute Gasteiger partial charge is 0.207 e. The molecular formula is C16H16ClF. The first-order valence-electron chi connectivity index (χ1n) is 6.02. The third-order valence-electron chi connectivity index (χ3n) is 3.25. The average molecular weight is 263 g/mol. The zero-order valence-corrected chi connectivity index (χ0v) is 11.3. The van der Waals surface area contributed by atoms with Gasteiger partial charge in [0.1, 0.15) is 5.82 Å². The fourth-order valence-corrected chi connectivity index (χ4v) is 2.24. The lowest BCUT2D eigenvalue weighted by Gasteiger charge is -2.12. The number of benzene rings is 2. The Morgan fingerprint density at radius 2 is 1.78 bits per heavy atom. The van der Waals surface area contributed by atoms with Crippen molar-refractivity contribution in [2.24, 2.45) is 0 Å². The summed E-state index contributed by atoms with van der Waals surface area (Å²) in [6.07, 6.45) is 0.511. The van der Waals surface area contributed by atoms with Gasteiger partial charge in [-0.3, -0.25) is 0 Å². The first kappa shape index (κ1) is 13.1. The van der Waals surface area contributed by atoms with Crippen molar-refractivity contribution in [1.82, 2.24) is 0 Å². The molecule has 2 aromatic rings. The van der Waals surface area contributed by atoms with E-state index < -0.39 is 0 Å². The Labute approximate surface area is 112 Å². The maximum atomic E-state index is 13.6. The molecule has 0 saturated carbocycles. The lowest BCUT2D eigenvalue weighted by atomic mass is 10.00. The van der Waals surface area contributed by atoms with Crippen molar-refractivity contribution < 1.29 is 4.39 Å². The fraction of sp³-hybridized carbons (Fsp3) is 0.250. The molecule has 1 atom stereocenters. The molecule has 0 radical (unpaired) electrons. The number of halogens is 2. The van der Waals surface area contributed by atoms with Crippen molar-refractivity contribution in [2.75, 3.05) is 0 Å². The van der Waals surface area contributed by atoms with Gasteiger partial charge in [0, 0.05) is 0 Å². The van der Waals surface area contributed by atoms with Gasteiger partial charge in [-0.1, -0.05) is 36.4 Å². The van der Waals surface area contributed by atoms with Crippen LogP contribution in [-0.2, 0) is 6.42 Å². The summed E-state index contributed by atoms with van der Waals surface area (Å²) in [7, 11) is 0. The Balaban J connectivity index is 2.19. The van der Waals surface area contributed by atoms with Crippen LogP contribution in [0.4, 0.5) is 4.39 Å². The van der Waals surface area contributed by atoms with Crippen molar-refractivity contribution >= 4 is 11.6 Å². The molecule has 0 aliphatic rings. The van der Waals surface area contributed by atoms with Crippen LogP contribution in [0.5, 0.6) is 0 Å². The highest BCUT2D eigenvalue weighted by Crippen LogP contribution is 2.27. The molecule has 0 amide bonds. The zero-order chi connectivity index (χ0) is 13.1. The summed E-state index contributed by atoms with van der Waals surface area (Å²) < 4.78 is 13.6. The predicted octanol–water partition coefficient (Wildman–Crippen LogP) is 4.97. The minimum Gasteiger partial charge on any atom is -0.207 e. The van der Waals surface area contributed by atoms with Gasteiger partial charge in [0.2, 0.25) is 0 Å². The molecule has 0 bridgehead atoms. The van der Waals surface area contributed by atoms with Crippen molar-refractivity contribution in [1.29, 1.82) is 0 Å². The van der Waals surface area contributed by atoms with Crippen LogP contribution >= 0.6 is 11.6 Å². The van der Waals surface area contributed by atoms with Gasteiger partial charge in [-0.05, 0) is 48.6 Å². The van der Waals surface area contributed by atoms with E-state index in [1.54, 1.807) is 12.1 Å². The number of hydrogen-bond acceptors (Lipinski definition) is 0. The Morgan fingerprint density at radius 3 is 2.44 bits per heavy atom. The molecule has 2 aromatic carbocycles. The first-order chi connectivity index (χ1) is 8.58. The second-order valence-electron chi connectivity index (χ2n) is 4.61. The van der Waals surface area contributed by atoms with Crippen LogP contribution in [-0.4, -0.2) is 0 Å². The summed E-state index contributed by atoms with van der Waals surface area (Å²) in [4.78, 5) is 0. The summed E-state index contributed by atoms with van der Waals surface area (Å²) in [5.41, 5.74) is 4.17. The van der Waals surface area contributed by atoms with E-state index in [0.717, 1.165) is 5.56 Å². The van der Waals surface area contributed by atoms with Gasteiger partial charge in [0.15, 0.2) is 0 Å². The van der Waals surface area contributed by atoms with Gasteiger partial charge in [-0.2, -0.15) is 0 Å². The Kier molecular flexibility index (Phi) is 4.03. The molecule has 2 heteroatoms. The van der Waals surface area contributed by atoms with E-state index >= 15 is 0 Å². The molecule has 94 valence electrons. The van der Waals surface area contributed by atoms with E-state index in [9.17, 15) is 4.39 Å². The third kappa shape index (κ3) is 2.91. The molecule has 0 nitrogen and oxygen atoms in total. The van der Waals surface area contributed by atoms with E-state index in [0.29, 0.717) is 12.0 Å². The Hall–Kier alpha value is -1.34. The van der Waals surface area contributed by atoms with Gasteiger partial charge < -0.3 is 0 Å². The van der Waals surface area contributed by atoms with Crippen LogP contribution < -0.4 is 0 Å². The fourth-order valence-electron chi connectivity index (χ4n) is 1.93. The number of rotatable bonds is 3. The number of aryl methyl sites for hydroxylation is 2. The lowest BCUT2D eigenvalue weighted by Crippen LogP contribution is -1.99. The molecule has 0 N–H and O–H groups in total. The van der Waals surface area contributed by atoms with E-state index in [4.69, 9.17) is 11.6 Å². The molecule has 0 aliphatic carbocycles. The molecule has 1 unspecified atom stereocenters. The lowest BCUT2D eigenvalue weighted by molar-refractivity contribution is 0.607. The van der Waals surface area contributed by atoms with Crippen molar-refractivity contribution in [3.8, 4) is 0 Å². The molecule has 18 heavy (non-hydrogen) atoms. The monoisotopic (exact) mass is 262 g/mol. The first-order valence-corrected chi connectivity index (χ1v) is 6.46. The molecule has 0 fully saturated rings. The van der Waals surface area contributed by atoms with Crippen LogP contribution in [0.3, 0.4) is 0 Å². The Morgan fingerprint density at radius 1 is 1.06 bits per heavy atom. The number of hydrogen-bond donors (Lipinski definition) is 0. The number of alkyl halides is 1. The van der Waals surface area contributed by atoms with Crippen LogP contribution in [0, 0.1) is 19.7 Å². The minimum atomic E-state index is -0.193. The normalized spacial score (nSPS) is 12.4. The molecule has 0 heterocycles. The van der Waals surface area contributed by atoms with Gasteiger partial charge >= 0.3 is 0 Å². The van der Waals surface area contributed by atoms with E-state index in [1.165, 1.54) is 17.2 Å². The zero-order valence-electron chi connectivity index (χ0n) is 10.6. The molecule has 0 saturated heterocycles.